The van der Waals surface area contributed by atoms with Crippen molar-refractivity contribution in [3.05, 3.63) is 198 Å². The van der Waals surface area contributed by atoms with E-state index in [1.54, 1.807) is 0 Å². The molecule has 1 nitrogen and oxygen atoms in total. The van der Waals surface area contributed by atoms with Crippen molar-refractivity contribution in [2.45, 2.75) is 51.4 Å². The molecule has 282 valence electrons. The summed E-state index contributed by atoms with van der Waals surface area (Å²) >= 11 is 0. The molecule has 0 atom stereocenters. The molecule has 12 rings (SSSR count). The number of fused-ring (bicyclic) bond motifs is 6. The SMILES string of the molecule is CC1(C)c2ccccc2-c2cc(-c3cccc4c3CCCCC4)c(N(c3ccc(-c4ccccc4)cc3)c3ccc4cccc5c6cccc7cccc(c3c45)c76)cc21. The molecular weight excluding hydrogens is 711 g/mol. The first-order valence-electron chi connectivity index (χ1n) is 21.5. The monoisotopic (exact) mass is 755 g/mol. The van der Waals surface area contributed by atoms with Crippen molar-refractivity contribution >= 4 is 60.2 Å². The first kappa shape index (κ1) is 34.4. The van der Waals surface area contributed by atoms with Gasteiger partial charge >= 0.3 is 0 Å². The van der Waals surface area contributed by atoms with Crippen molar-refractivity contribution in [3.8, 4) is 33.4 Å². The quantitative estimate of drug-likeness (QED) is 0.0960. The van der Waals surface area contributed by atoms with Crippen molar-refractivity contribution in [3.63, 3.8) is 0 Å². The van der Waals surface area contributed by atoms with Crippen LogP contribution in [0.15, 0.2) is 176 Å². The minimum absolute atomic E-state index is 0.162. The van der Waals surface area contributed by atoms with Crippen molar-refractivity contribution in [2.24, 2.45) is 0 Å². The third kappa shape index (κ3) is 5.17. The molecule has 1 heteroatoms. The summed E-state index contributed by atoms with van der Waals surface area (Å²) in [5.74, 6) is 0. The maximum atomic E-state index is 2.62. The van der Waals surface area contributed by atoms with Gasteiger partial charge in [-0.2, -0.15) is 0 Å². The van der Waals surface area contributed by atoms with Crippen LogP contribution in [0, 0.1) is 0 Å². The molecule has 0 radical (unpaired) electrons. The molecule has 0 fully saturated rings. The molecule has 0 N–H and O–H groups in total. The molecular formula is C58H45N. The van der Waals surface area contributed by atoms with Crippen LogP contribution in [-0.2, 0) is 18.3 Å². The minimum atomic E-state index is -0.162. The third-order valence-electron chi connectivity index (χ3n) is 13.8. The highest BCUT2D eigenvalue weighted by Crippen LogP contribution is 2.55. The van der Waals surface area contributed by atoms with Crippen molar-refractivity contribution < 1.29 is 0 Å². The van der Waals surface area contributed by atoms with Gasteiger partial charge in [0.25, 0.3) is 0 Å². The van der Waals surface area contributed by atoms with Crippen LogP contribution in [0.4, 0.5) is 17.1 Å². The normalized spacial score (nSPS) is 14.4. The second-order valence-corrected chi connectivity index (χ2v) is 17.4. The second-order valence-electron chi connectivity index (χ2n) is 17.4. The second kappa shape index (κ2) is 13.2. The van der Waals surface area contributed by atoms with Gasteiger partial charge in [-0.15, -0.1) is 0 Å². The highest BCUT2D eigenvalue weighted by molar-refractivity contribution is 6.35. The average Bonchev–Trinajstić information content (AvgIpc) is 3.40. The summed E-state index contributed by atoms with van der Waals surface area (Å²) in [6.45, 7) is 4.83. The average molecular weight is 756 g/mol. The van der Waals surface area contributed by atoms with Crippen molar-refractivity contribution in [1.82, 2.24) is 0 Å². The van der Waals surface area contributed by atoms with Gasteiger partial charge in [-0.05, 0) is 144 Å². The lowest BCUT2D eigenvalue weighted by atomic mass is 9.81. The molecule has 2 aliphatic rings. The fraction of sp³-hybridized carbons (Fsp3) is 0.138. The summed E-state index contributed by atoms with van der Waals surface area (Å²) < 4.78 is 0. The van der Waals surface area contributed by atoms with Gasteiger partial charge in [0.15, 0.2) is 0 Å². The number of anilines is 3. The van der Waals surface area contributed by atoms with E-state index < -0.39 is 0 Å². The molecule has 0 saturated heterocycles. The number of hydrogen-bond acceptors (Lipinski definition) is 1. The maximum Gasteiger partial charge on any atom is 0.0547 e. The van der Waals surface area contributed by atoms with Gasteiger partial charge in [0.1, 0.15) is 0 Å². The molecule has 0 aliphatic heterocycles. The van der Waals surface area contributed by atoms with Crippen LogP contribution in [-0.4, -0.2) is 0 Å². The van der Waals surface area contributed by atoms with Crippen LogP contribution < -0.4 is 4.90 Å². The summed E-state index contributed by atoms with van der Waals surface area (Å²) in [5.41, 5.74) is 17.1. The number of nitrogens with zero attached hydrogens (tertiary/aromatic N) is 1. The molecule has 0 saturated carbocycles. The zero-order valence-electron chi connectivity index (χ0n) is 33.7. The van der Waals surface area contributed by atoms with E-state index in [1.807, 2.05) is 0 Å². The largest absolute Gasteiger partial charge is 0.309 e. The zero-order valence-corrected chi connectivity index (χ0v) is 33.7. The minimum Gasteiger partial charge on any atom is -0.309 e. The van der Waals surface area contributed by atoms with Crippen LogP contribution >= 0.6 is 0 Å². The van der Waals surface area contributed by atoms with E-state index in [-0.39, 0.29) is 5.41 Å². The molecule has 0 aromatic heterocycles. The Kier molecular flexibility index (Phi) is 7.66. The van der Waals surface area contributed by atoms with Gasteiger partial charge in [0.2, 0.25) is 0 Å². The van der Waals surface area contributed by atoms with E-state index in [4.69, 9.17) is 0 Å². The lowest BCUT2D eigenvalue weighted by Crippen LogP contribution is -2.17. The van der Waals surface area contributed by atoms with E-state index in [2.05, 4.69) is 195 Å². The van der Waals surface area contributed by atoms with E-state index in [9.17, 15) is 0 Å². The van der Waals surface area contributed by atoms with E-state index in [1.165, 1.54) is 129 Å². The molecule has 10 aromatic carbocycles. The van der Waals surface area contributed by atoms with Gasteiger partial charge in [-0.25, -0.2) is 0 Å². The molecule has 59 heavy (non-hydrogen) atoms. The molecule has 2 aliphatic carbocycles. The van der Waals surface area contributed by atoms with Gasteiger partial charge in [0, 0.05) is 22.1 Å². The van der Waals surface area contributed by atoms with Crippen molar-refractivity contribution in [1.29, 1.82) is 0 Å². The molecule has 0 bridgehead atoms. The molecule has 0 unspecified atom stereocenters. The highest BCUT2D eigenvalue weighted by Gasteiger charge is 2.37. The molecule has 0 heterocycles. The smallest absolute Gasteiger partial charge is 0.0547 e. The fourth-order valence-corrected chi connectivity index (χ4v) is 11.0. The Hall–Kier alpha value is -6.70. The van der Waals surface area contributed by atoms with Crippen LogP contribution in [0.2, 0.25) is 0 Å². The van der Waals surface area contributed by atoms with E-state index in [0.29, 0.717) is 0 Å². The van der Waals surface area contributed by atoms with Crippen LogP contribution in [0.5, 0.6) is 0 Å². The van der Waals surface area contributed by atoms with E-state index >= 15 is 0 Å². The lowest BCUT2D eigenvalue weighted by molar-refractivity contribution is 0.660. The third-order valence-corrected chi connectivity index (χ3v) is 13.8. The van der Waals surface area contributed by atoms with Crippen LogP contribution in [0.25, 0.3) is 76.5 Å². The fourth-order valence-electron chi connectivity index (χ4n) is 11.0. The number of benzene rings is 10. The first-order valence-corrected chi connectivity index (χ1v) is 21.5. The summed E-state index contributed by atoms with van der Waals surface area (Å²) in [4.78, 5) is 2.62. The summed E-state index contributed by atoms with van der Waals surface area (Å²) in [7, 11) is 0. The molecule has 0 spiro atoms. The summed E-state index contributed by atoms with van der Waals surface area (Å²) in [5, 5.41) is 10.4. The van der Waals surface area contributed by atoms with E-state index in [0.717, 1.165) is 18.5 Å². The Morgan fingerprint density at radius 2 is 1.07 bits per heavy atom. The van der Waals surface area contributed by atoms with Crippen LogP contribution in [0.1, 0.15) is 55.4 Å². The van der Waals surface area contributed by atoms with Gasteiger partial charge in [-0.3, -0.25) is 0 Å². The Balaban J connectivity index is 1.23. The molecule has 0 amide bonds. The van der Waals surface area contributed by atoms with Crippen molar-refractivity contribution in [2.75, 3.05) is 4.90 Å². The number of aryl methyl sites for hydroxylation is 1. The van der Waals surface area contributed by atoms with Gasteiger partial charge in [-0.1, -0.05) is 166 Å². The standard InChI is InChI=1S/C58H45N/c1-58(2)51-28-10-9-23-45(51)49-35-50(44-24-11-18-39-17-7-4-8-22-43(39)44)54(36-52(49)58)59(42-32-29-38(30-33-42)37-15-5-3-6-16-37)53-34-31-41-21-13-26-47-46-25-12-19-40-20-14-27-48(55(40)46)57(53)56(41)47/h3,5-6,9-16,18-21,23-36H,4,7-8,17,22H2,1-2H3. The predicted molar refractivity (Wildman–Crippen MR) is 252 cm³/mol. The Morgan fingerprint density at radius 3 is 1.88 bits per heavy atom. The zero-order chi connectivity index (χ0) is 39.2. The predicted octanol–water partition coefficient (Wildman–Crippen LogP) is 16.1. The Bertz CT molecular complexity index is 3250. The summed E-state index contributed by atoms with van der Waals surface area (Å²) in [6.07, 6.45) is 6.02. The van der Waals surface area contributed by atoms with Gasteiger partial charge < -0.3 is 4.90 Å². The first-order chi connectivity index (χ1) is 29.0. The highest BCUT2D eigenvalue weighted by atomic mass is 15.1. The van der Waals surface area contributed by atoms with Gasteiger partial charge in [0.05, 0.1) is 11.4 Å². The summed E-state index contributed by atoms with van der Waals surface area (Å²) in [6, 6.07) is 66.8. The molecule has 10 aromatic rings. The Morgan fingerprint density at radius 1 is 0.407 bits per heavy atom. The Labute approximate surface area is 346 Å². The topological polar surface area (TPSA) is 3.24 Å². The van der Waals surface area contributed by atoms with Crippen LogP contribution in [0.3, 0.4) is 0 Å². The number of hydrogen-bond donors (Lipinski definition) is 0. The lowest BCUT2D eigenvalue weighted by Gasteiger charge is -2.32. The number of rotatable bonds is 5. The maximum absolute atomic E-state index is 2.62.